The quantitative estimate of drug-likeness (QED) is 0.172. The van der Waals surface area contributed by atoms with Gasteiger partial charge in [0.1, 0.15) is 11.2 Å². The van der Waals surface area contributed by atoms with Crippen LogP contribution >= 0.6 is 0 Å². The SMILES string of the molecule is [2H]c1cc([2H])c(-c2c([2H])cc(N(c3cc4c(oc5c(C6(C)c7c([2H])c([2H])c([2H])c([2H])c7-c7c([2H])c([2H])c([2H])c([2H])c76)c([2H])c([2H])cc54)c([2H])c3[2H])c3c([2H])cc(-c4c([2H])c([2H])c([2H])c([2H])c4[2H])c([2H])c3[2H])c([2H])c2[2H])c([2H])c1[2H]. The minimum atomic E-state index is -2.16. The van der Waals surface area contributed by atoms with Crippen molar-refractivity contribution in [3.63, 3.8) is 0 Å². The Hall–Kier alpha value is -6.64. The Kier molecular flexibility index (Phi) is 3.11. The molecular formula is C50H35NO. The number of hydrogen-bond acceptors (Lipinski definition) is 2. The molecule has 8 aromatic carbocycles. The van der Waals surface area contributed by atoms with E-state index >= 15 is 0 Å². The maximum absolute atomic E-state index is 9.60. The van der Waals surface area contributed by atoms with Crippen molar-refractivity contribution in [2.75, 3.05) is 4.90 Å². The lowest BCUT2D eigenvalue weighted by Gasteiger charge is -2.28. The molecule has 0 N–H and O–H groups in total. The summed E-state index contributed by atoms with van der Waals surface area (Å²) in [7, 11) is 0. The fourth-order valence-corrected chi connectivity index (χ4v) is 6.51. The topological polar surface area (TPSA) is 16.4 Å². The zero-order chi connectivity index (χ0) is 58.1. The van der Waals surface area contributed by atoms with Gasteiger partial charge in [0.2, 0.25) is 0 Å². The maximum Gasteiger partial charge on any atom is 0.139 e. The summed E-state index contributed by atoms with van der Waals surface area (Å²) in [5.41, 5.74) is -8.37. The minimum absolute atomic E-state index is 0.132. The van der Waals surface area contributed by atoms with Crippen molar-refractivity contribution in [1.29, 1.82) is 0 Å². The Bertz CT molecular complexity index is 4220. The van der Waals surface area contributed by atoms with Gasteiger partial charge in [0.25, 0.3) is 0 Å². The van der Waals surface area contributed by atoms with Gasteiger partial charge in [-0.3, -0.25) is 0 Å². The highest BCUT2D eigenvalue weighted by atomic mass is 16.3. The molecule has 1 aliphatic rings. The molecule has 0 amide bonds. The fourth-order valence-electron chi connectivity index (χ4n) is 6.51. The van der Waals surface area contributed by atoms with Crippen molar-refractivity contribution < 1.29 is 41.4 Å². The van der Waals surface area contributed by atoms with Crippen molar-refractivity contribution in [2.24, 2.45) is 0 Å². The number of hydrogen-bond donors (Lipinski definition) is 0. The molecule has 0 saturated carbocycles. The Morgan fingerprint density at radius 1 is 0.462 bits per heavy atom. The van der Waals surface area contributed by atoms with E-state index in [1.807, 2.05) is 0 Å². The van der Waals surface area contributed by atoms with Crippen LogP contribution in [0.5, 0.6) is 0 Å². The summed E-state index contributed by atoms with van der Waals surface area (Å²) in [6, 6.07) is -14.9. The third kappa shape index (κ3) is 4.72. The van der Waals surface area contributed by atoms with Crippen LogP contribution in [0.2, 0.25) is 0 Å². The van der Waals surface area contributed by atoms with E-state index in [0.717, 1.165) is 35.2 Å². The molecular weight excluding hydrogens is 631 g/mol. The van der Waals surface area contributed by atoms with E-state index in [2.05, 4.69) is 0 Å². The molecule has 0 bridgehead atoms. The van der Waals surface area contributed by atoms with Crippen molar-refractivity contribution >= 4 is 39.0 Å². The number of nitrogens with zero attached hydrogens (tertiary/aromatic N) is 1. The first-order chi connectivity index (χ1) is 36.9. The molecule has 1 aliphatic carbocycles. The maximum atomic E-state index is 9.60. The highest BCUT2D eigenvalue weighted by Gasteiger charge is 2.42. The number of para-hydroxylation sites is 1. The summed E-state index contributed by atoms with van der Waals surface area (Å²) in [6.45, 7) is 1.34. The summed E-state index contributed by atoms with van der Waals surface area (Å²) in [5, 5.41) is -0.304. The van der Waals surface area contributed by atoms with Crippen LogP contribution < -0.4 is 4.90 Å². The Balaban J connectivity index is 1.33. The largest absolute Gasteiger partial charge is 0.456 e. The molecule has 10 rings (SSSR count). The highest BCUT2D eigenvalue weighted by Crippen LogP contribution is 2.54. The molecule has 246 valence electrons. The first-order valence-electron chi connectivity index (χ1n) is 29.2. The van der Waals surface area contributed by atoms with Gasteiger partial charge in [0.15, 0.2) is 0 Å². The summed E-state index contributed by atoms with van der Waals surface area (Å²) in [5.74, 6) is 0. The van der Waals surface area contributed by atoms with Crippen LogP contribution in [-0.4, -0.2) is 0 Å². The predicted octanol–water partition coefficient (Wildman–Crippen LogP) is 13.7. The third-order valence-corrected chi connectivity index (χ3v) is 8.95. The van der Waals surface area contributed by atoms with Gasteiger partial charge in [-0.1, -0.05) is 151 Å². The zero-order valence-corrected chi connectivity index (χ0v) is 26.7. The average molecular weight is 693 g/mol. The number of fused-ring (bicyclic) bond motifs is 6. The van der Waals surface area contributed by atoms with Gasteiger partial charge < -0.3 is 9.32 Å². The molecule has 1 heterocycles. The fraction of sp³-hybridized carbons (Fsp3) is 0.0400. The first kappa shape index (κ1) is 13.5. The normalized spacial score (nSPS) is 20.1. The van der Waals surface area contributed by atoms with Gasteiger partial charge in [-0.05, 0) is 93.8 Å². The number of benzene rings is 8. The van der Waals surface area contributed by atoms with Crippen molar-refractivity contribution in [3.05, 3.63) is 210 Å². The lowest BCUT2D eigenvalue weighted by molar-refractivity contribution is 0.638. The molecule has 52 heavy (non-hydrogen) atoms. The minimum Gasteiger partial charge on any atom is -0.456 e. The predicted molar refractivity (Wildman–Crippen MR) is 217 cm³/mol. The number of anilines is 3. The highest BCUT2D eigenvalue weighted by molar-refractivity contribution is 6.08. The lowest BCUT2D eigenvalue weighted by atomic mass is 9.74. The molecule has 0 atom stereocenters. The van der Waals surface area contributed by atoms with Gasteiger partial charge in [-0.25, -0.2) is 0 Å². The summed E-state index contributed by atoms with van der Waals surface area (Å²) in [4.78, 5) is 0.820. The van der Waals surface area contributed by atoms with Crippen LogP contribution in [0.15, 0.2) is 198 Å². The molecule has 0 aliphatic heterocycles. The number of furan rings is 1. The summed E-state index contributed by atoms with van der Waals surface area (Å²) >= 11 is 0. The van der Waals surface area contributed by atoms with Crippen molar-refractivity contribution in [2.45, 2.75) is 12.3 Å². The van der Waals surface area contributed by atoms with E-state index in [9.17, 15) is 16.4 Å². The first-order valence-corrected chi connectivity index (χ1v) is 15.7. The van der Waals surface area contributed by atoms with Crippen molar-refractivity contribution in [1.82, 2.24) is 0 Å². The van der Waals surface area contributed by atoms with Crippen LogP contribution in [0.4, 0.5) is 17.1 Å². The van der Waals surface area contributed by atoms with Crippen LogP contribution in [0.3, 0.4) is 0 Å². The molecule has 0 unspecified atom stereocenters. The molecule has 0 spiro atoms. The van der Waals surface area contributed by atoms with Crippen LogP contribution in [0, 0.1) is 0 Å². The molecule has 0 fully saturated rings. The van der Waals surface area contributed by atoms with Gasteiger partial charge in [-0.2, -0.15) is 0 Å². The van der Waals surface area contributed by atoms with Gasteiger partial charge in [-0.15, -0.1) is 0 Å². The molecule has 9 aromatic rings. The van der Waals surface area contributed by atoms with Crippen molar-refractivity contribution in [3.8, 4) is 33.4 Å². The van der Waals surface area contributed by atoms with E-state index in [1.165, 1.54) is 6.92 Å². The molecule has 2 nitrogen and oxygen atoms in total. The monoisotopic (exact) mass is 692 g/mol. The van der Waals surface area contributed by atoms with Crippen LogP contribution in [0.1, 0.15) is 60.6 Å². The summed E-state index contributed by atoms with van der Waals surface area (Å²) in [6.07, 6.45) is 0. The molecule has 0 radical (unpaired) electrons. The second-order valence-electron chi connectivity index (χ2n) is 11.8. The Morgan fingerprint density at radius 2 is 1.10 bits per heavy atom. The van der Waals surface area contributed by atoms with E-state index in [-0.39, 0.29) is 44.2 Å². The molecule has 2 heteroatoms. The summed E-state index contributed by atoms with van der Waals surface area (Å²) < 4.78 is 247. The van der Waals surface area contributed by atoms with Gasteiger partial charge >= 0.3 is 0 Å². The number of rotatable bonds is 6. The lowest BCUT2D eigenvalue weighted by Crippen LogP contribution is -2.22. The Labute approximate surface area is 341 Å². The van der Waals surface area contributed by atoms with Crippen LogP contribution in [0.25, 0.3) is 55.3 Å². The second-order valence-corrected chi connectivity index (χ2v) is 11.8. The second kappa shape index (κ2) is 12.0. The molecule has 1 aromatic heterocycles. The van der Waals surface area contributed by atoms with E-state index < -0.39 is 213 Å². The van der Waals surface area contributed by atoms with Gasteiger partial charge in [0.05, 0.1) is 37.0 Å². The Morgan fingerprint density at radius 3 is 1.90 bits per heavy atom. The van der Waals surface area contributed by atoms with E-state index in [0.29, 0.717) is 0 Å². The smallest absolute Gasteiger partial charge is 0.139 e. The molecule has 0 saturated heterocycles. The zero-order valence-electron chi connectivity index (χ0n) is 53.7. The standard InChI is InChI=1S/C50H35NO/c1-50(45-20-10-8-17-41(45)42-18-9-11-21-46(42)50)47-22-12-19-43-44-33-40(31-32-48(44)52-49(43)47)51(38-27-23-36(24-28-38)34-13-4-2-5-14-34)39-29-25-37(26-30-39)35-15-6-3-7-16-35/h2-33H,1H3/i2D,3D,4D,5D,6D,8D,9D,10D,11D,12D,13D,14D,15D,16D,17D,18D,20D,21D,22D,23D,25D,26D,27D,28D,29D,31D,32D. The van der Waals surface area contributed by atoms with Gasteiger partial charge in [0, 0.05) is 38.8 Å². The van der Waals surface area contributed by atoms with E-state index in [4.69, 9.17) is 25.0 Å². The third-order valence-electron chi connectivity index (χ3n) is 8.95. The van der Waals surface area contributed by atoms with E-state index in [1.54, 1.807) is 0 Å². The van der Waals surface area contributed by atoms with Crippen LogP contribution in [-0.2, 0) is 5.41 Å². The average Bonchev–Trinajstić information content (AvgIpc) is 4.06.